The lowest BCUT2D eigenvalue weighted by Gasteiger charge is -2.18. The molecule has 0 radical (unpaired) electrons. The molecule has 0 spiro atoms. The molecule has 0 saturated heterocycles. The summed E-state index contributed by atoms with van der Waals surface area (Å²) in [6.45, 7) is 4.38. The van der Waals surface area contributed by atoms with Crippen LogP contribution in [0.15, 0.2) is 59.5 Å². The molecule has 0 heterocycles. The maximum absolute atomic E-state index is 12.4. The maximum atomic E-state index is 12.4. The van der Waals surface area contributed by atoms with Crippen LogP contribution in [0.1, 0.15) is 24.2 Å². The number of hydrogen-bond donors (Lipinski definition) is 1. The number of carbonyl (C=O) groups is 2. The Bertz CT molecular complexity index is 893. The number of sulfonamides is 1. The van der Waals surface area contributed by atoms with Crippen molar-refractivity contribution in [2.45, 2.75) is 18.7 Å². The zero-order valence-electron chi connectivity index (χ0n) is 15.2. The van der Waals surface area contributed by atoms with E-state index in [1.807, 2.05) is 13.8 Å². The molecule has 144 valence electrons. The van der Waals surface area contributed by atoms with Crippen molar-refractivity contribution in [3.8, 4) is 0 Å². The van der Waals surface area contributed by atoms with Crippen molar-refractivity contribution in [3.63, 3.8) is 0 Å². The van der Waals surface area contributed by atoms with Crippen molar-refractivity contribution in [2.75, 3.05) is 24.4 Å². The first-order chi connectivity index (χ1) is 12.9. The second-order valence-electron chi connectivity index (χ2n) is 5.64. The summed E-state index contributed by atoms with van der Waals surface area (Å²) in [5.41, 5.74) is 0.374. The van der Waals surface area contributed by atoms with E-state index in [4.69, 9.17) is 4.74 Å². The van der Waals surface area contributed by atoms with Gasteiger partial charge < -0.3 is 9.64 Å². The molecule has 0 aliphatic rings. The van der Waals surface area contributed by atoms with Crippen LogP contribution >= 0.6 is 0 Å². The van der Waals surface area contributed by atoms with Gasteiger partial charge in [0.25, 0.3) is 15.9 Å². The number of anilines is 1. The van der Waals surface area contributed by atoms with E-state index >= 15 is 0 Å². The van der Waals surface area contributed by atoms with Crippen molar-refractivity contribution < 1.29 is 22.7 Å². The highest BCUT2D eigenvalue weighted by Crippen LogP contribution is 2.17. The van der Waals surface area contributed by atoms with Gasteiger partial charge >= 0.3 is 5.97 Å². The van der Waals surface area contributed by atoms with Crippen molar-refractivity contribution >= 4 is 27.6 Å². The van der Waals surface area contributed by atoms with Gasteiger partial charge in [-0.2, -0.15) is 0 Å². The summed E-state index contributed by atoms with van der Waals surface area (Å²) in [5, 5.41) is 0. The number of carbonyl (C=O) groups excluding carboxylic acids is 2. The van der Waals surface area contributed by atoms with Gasteiger partial charge in [0.15, 0.2) is 6.61 Å². The van der Waals surface area contributed by atoms with Crippen molar-refractivity contribution in [1.29, 1.82) is 0 Å². The molecule has 0 aromatic heterocycles. The van der Waals surface area contributed by atoms with Gasteiger partial charge in [0.05, 0.1) is 10.5 Å². The summed E-state index contributed by atoms with van der Waals surface area (Å²) in [6.07, 6.45) is 0. The molecule has 2 aromatic carbocycles. The van der Waals surface area contributed by atoms with Crippen molar-refractivity contribution in [3.05, 3.63) is 60.2 Å². The Labute approximate surface area is 159 Å². The third-order valence-corrected chi connectivity index (χ3v) is 5.24. The van der Waals surface area contributed by atoms with Crippen molar-refractivity contribution in [2.24, 2.45) is 0 Å². The zero-order chi connectivity index (χ0) is 19.9. The topological polar surface area (TPSA) is 92.8 Å². The monoisotopic (exact) mass is 390 g/mol. The Balaban J connectivity index is 2.06. The van der Waals surface area contributed by atoms with Gasteiger partial charge in [0, 0.05) is 18.8 Å². The molecule has 1 N–H and O–H groups in total. The molecule has 8 heteroatoms. The minimum atomic E-state index is -3.76. The van der Waals surface area contributed by atoms with Gasteiger partial charge in [-0.1, -0.05) is 24.3 Å². The molecule has 0 aliphatic heterocycles. The number of hydrogen-bond acceptors (Lipinski definition) is 5. The highest BCUT2D eigenvalue weighted by molar-refractivity contribution is 7.92. The fourth-order valence-corrected chi connectivity index (χ4v) is 3.47. The van der Waals surface area contributed by atoms with Crippen LogP contribution < -0.4 is 4.72 Å². The number of ether oxygens (including phenoxy) is 1. The van der Waals surface area contributed by atoms with Crippen LogP contribution in [0.3, 0.4) is 0 Å². The summed E-state index contributed by atoms with van der Waals surface area (Å²) < 4.78 is 32.2. The molecular formula is C19H22N2O5S. The predicted molar refractivity (Wildman–Crippen MR) is 102 cm³/mol. The van der Waals surface area contributed by atoms with Gasteiger partial charge in [-0.25, -0.2) is 13.2 Å². The third-order valence-electron chi connectivity index (χ3n) is 3.85. The minimum Gasteiger partial charge on any atom is -0.452 e. The number of nitrogens with zero attached hydrogens (tertiary/aromatic N) is 1. The van der Waals surface area contributed by atoms with Gasteiger partial charge in [-0.15, -0.1) is 0 Å². The Hall–Kier alpha value is -2.87. The molecule has 1 amide bonds. The van der Waals surface area contributed by atoms with E-state index in [0.29, 0.717) is 13.1 Å². The van der Waals surface area contributed by atoms with Crippen LogP contribution in [-0.4, -0.2) is 44.9 Å². The average Bonchev–Trinajstić information content (AvgIpc) is 2.67. The largest absolute Gasteiger partial charge is 0.452 e. The minimum absolute atomic E-state index is 0.114. The first-order valence-corrected chi connectivity index (χ1v) is 9.98. The first-order valence-electron chi connectivity index (χ1n) is 8.50. The summed E-state index contributed by atoms with van der Waals surface area (Å²) in [6, 6.07) is 13.8. The maximum Gasteiger partial charge on any atom is 0.338 e. The molecule has 7 nitrogen and oxygen atoms in total. The molecule has 0 fully saturated rings. The molecule has 0 aliphatic carbocycles. The van der Waals surface area contributed by atoms with Gasteiger partial charge in [-0.3, -0.25) is 9.52 Å². The zero-order valence-corrected chi connectivity index (χ0v) is 16.0. The molecule has 2 rings (SSSR count). The van der Waals surface area contributed by atoms with Gasteiger partial charge in [0.2, 0.25) is 0 Å². The summed E-state index contributed by atoms with van der Waals surface area (Å²) in [7, 11) is -3.76. The number of benzene rings is 2. The smallest absolute Gasteiger partial charge is 0.338 e. The number of esters is 1. The van der Waals surface area contributed by atoms with Crippen LogP contribution in [0.4, 0.5) is 5.69 Å². The van der Waals surface area contributed by atoms with E-state index < -0.39 is 16.0 Å². The quantitative estimate of drug-likeness (QED) is 0.699. The molecule has 0 atom stereocenters. The second kappa shape index (κ2) is 9.18. The number of nitrogens with one attached hydrogen (secondary N) is 1. The van der Waals surface area contributed by atoms with Gasteiger partial charge in [0.1, 0.15) is 0 Å². The summed E-state index contributed by atoms with van der Waals surface area (Å²) >= 11 is 0. The first kappa shape index (κ1) is 20.4. The Kier molecular flexibility index (Phi) is 6.95. The van der Waals surface area contributed by atoms with Crippen LogP contribution in [-0.2, 0) is 19.6 Å². The SMILES string of the molecule is CCN(CC)C(=O)COC(=O)c1cccc(NS(=O)(=O)c2ccccc2)c1. The molecule has 27 heavy (non-hydrogen) atoms. The van der Waals surface area contributed by atoms with E-state index in [1.54, 1.807) is 23.1 Å². The average molecular weight is 390 g/mol. The number of likely N-dealkylation sites (N-methyl/N-ethyl adjacent to an activating group) is 1. The lowest BCUT2D eigenvalue weighted by molar-refractivity contribution is -0.134. The molecule has 2 aromatic rings. The molecule has 0 saturated carbocycles. The predicted octanol–water partition coefficient (Wildman–Crippen LogP) is 2.51. The Morgan fingerprint density at radius 1 is 1.00 bits per heavy atom. The van der Waals surface area contributed by atoms with E-state index in [2.05, 4.69) is 4.72 Å². The highest BCUT2D eigenvalue weighted by atomic mass is 32.2. The molecule has 0 unspecified atom stereocenters. The normalized spacial score (nSPS) is 10.9. The highest BCUT2D eigenvalue weighted by Gasteiger charge is 2.16. The summed E-state index contributed by atoms with van der Waals surface area (Å²) in [5.74, 6) is -0.981. The third kappa shape index (κ3) is 5.55. The van der Waals surface area contributed by atoms with Gasteiger partial charge in [-0.05, 0) is 44.2 Å². The van der Waals surface area contributed by atoms with Crippen molar-refractivity contribution in [1.82, 2.24) is 4.90 Å². The lowest BCUT2D eigenvalue weighted by atomic mass is 10.2. The van der Waals surface area contributed by atoms with E-state index in [0.717, 1.165) is 0 Å². The standard InChI is InChI=1S/C19H22N2O5S/c1-3-21(4-2)18(22)14-26-19(23)15-9-8-10-16(13-15)20-27(24,25)17-11-6-5-7-12-17/h5-13,20H,3-4,14H2,1-2H3. The summed E-state index contributed by atoms with van der Waals surface area (Å²) in [4.78, 5) is 25.7. The molecular weight excluding hydrogens is 368 g/mol. The fourth-order valence-electron chi connectivity index (χ4n) is 2.40. The van der Waals surface area contributed by atoms with E-state index in [9.17, 15) is 18.0 Å². The van der Waals surface area contributed by atoms with Crippen LogP contribution in [0.25, 0.3) is 0 Å². The van der Waals surface area contributed by atoms with Crippen LogP contribution in [0.5, 0.6) is 0 Å². The lowest BCUT2D eigenvalue weighted by Crippen LogP contribution is -2.34. The number of rotatable bonds is 8. The van der Waals surface area contributed by atoms with E-state index in [-0.39, 0.29) is 28.7 Å². The Morgan fingerprint density at radius 3 is 2.30 bits per heavy atom. The fraction of sp³-hybridized carbons (Fsp3) is 0.263. The second-order valence-corrected chi connectivity index (χ2v) is 7.32. The van der Waals surface area contributed by atoms with Crippen LogP contribution in [0.2, 0.25) is 0 Å². The Morgan fingerprint density at radius 2 is 1.67 bits per heavy atom. The van der Waals surface area contributed by atoms with E-state index in [1.165, 1.54) is 36.4 Å². The molecule has 0 bridgehead atoms. The number of amides is 1. The van der Waals surface area contributed by atoms with Crippen LogP contribution in [0, 0.1) is 0 Å².